The van der Waals surface area contributed by atoms with Crippen LogP contribution in [0.5, 0.6) is 0 Å². The molecule has 4 nitrogen and oxygen atoms in total. The average molecular weight is 407 g/mol. The molecule has 0 N–H and O–H groups in total. The van der Waals surface area contributed by atoms with Crippen LogP contribution in [0.2, 0.25) is 5.02 Å². The Morgan fingerprint density at radius 3 is 2.08 bits per heavy atom. The highest BCUT2D eigenvalue weighted by molar-refractivity contribution is 7.89. The molecule has 0 amide bonds. The van der Waals surface area contributed by atoms with Crippen molar-refractivity contribution < 1.29 is 21.6 Å². The first-order valence-corrected chi connectivity index (χ1v) is 9.34. The molecule has 0 atom stereocenters. The summed E-state index contributed by atoms with van der Waals surface area (Å²) in [5.41, 5.74) is 0.488. The number of nitrogens with zero attached hydrogens (tertiary/aromatic N) is 2. The summed E-state index contributed by atoms with van der Waals surface area (Å²) in [5.74, 6) is 0. The molecule has 0 heterocycles. The predicted octanol–water partition coefficient (Wildman–Crippen LogP) is 4.25. The van der Waals surface area contributed by atoms with Crippen LogP contribution in [0.4, 0.5) is 18.9 Å². The van der Waals surface area contributed by atoms with E-state index in [2.05, 4.69) is 0 Å². The molecule has 0 aliphatic carbocycles. The van der Waals surface area contributed by atoms with E-state index < -0.39 is 31.7 Å². The van der Waals surface area contributed by atoms with E-state index in [4.69, 9.17) is 11.6 Å². The van der Waals surface area contributed by atoms with Crippen molar-refractivity contribution in [1.29, 1.82) is 0 Å². The van der Waals surface area contributed by atoms with Gasteiger partial charge in [-0.3, -0.25) is 0 Å². The van der Waals surface area contributed by atoms with Crippen molar-refractivity contribution in [3.8, 4) is 0 Å². The Kier molecular flexibility index (Phi) is 5.89. The number of hydrogen-bond donors (Lipinski definition) is 0. The Labute approximate surface area is 155 Å². The maximum absolute atomic E-state index is 13.0. The third-order valence-corrected chi connectivity index (χ3v) is 5.94. The fourth-order valence-electron chi connectivity index (χ4n) is 2.30. The Bertz CT molecular complexity index is 882. The molecule has 0 aliphatic heterocycles. The molecule has 26 heavy (non-hydrogen) atoms. The Morgan fingerprint density at radius 1 is 1.00 bits per heavy atom. The lowest BCUT2D eigenvalue weighted by atomic mass is 10.2. The van der Waals surface area contributed by atoms with Crippen LogP contribution in [0, 0.1) is 0 Å². The van der Waals surface area contributed by atoms with Gasteiger partial charge in [-0.1, -0.05) is 23.7 Å². The molecule has 0 saturated carbocycles. The lowest BCUT2D eigenvalue weighted by Gasteiger charge is -2.19. The van der Waals surface area contributed by atoms with Gasteiger partial charge in [0.05, 0.1) is 15.5 Å². The zero-order valence-corrected chi connectivity index (χ0v) is 16.0. The third-order valence-electron chi connectivity index (χ3n) is 3.81. The molecule has 0 radical (unpaired) electrons. The summed E-state index contributed by atoms with van der Waals surface area (Å²) in [6, 6.07) is 9.77. The van der Waals surface area contributed by atoms with Gasteiger partial charge in [0.2, 0.25) is 10.0 Å². The van der Waals surface area contributed by atoms with Gasteiger partial charge in [0.15, 0.2) is 0 Å². The van der Waals surface area contributed by atoms with Gasteiger partial charge in [0, 0.05) is 33.4 Å². The van der Waals surface area contributed by atoms with Gasteiger partial charge in [-0.25, -0.2) is 8.42 Å². The van der Waals surface area contributed by atoms with Gasteiger partial charge in [-0.2, -0.15) is 17.5 Å². The predicted molar refractivity (Wildman–Crippen MR) is 95.9 cm³/mol. The number of alkyl halides is 3. The molecule has 0 spiro atoms. The zero-order valence-electron chi connectivity index (χ0n) is 14.4. The van der Waals surface area contributed by atoms with Crippen LogP contribution in [-0.2, 0) is 22.7 Å². The van der Waals surface area contributed by atoms with Crippen molar-refractivity contribution in [3.05, 3.63) is 58.6 Å². The van der Waals surface area contributed by atoms with Crippen molar-refractivity contribution in [2.45, 2.75) is 17.6 Å². The van der Waals surface area contributed by atoms with E-state index >= 15 is 0 Å². The molecule has 0 aromatic heterocycles. The fraction of sp³-hybridized carbons (Fsp3) is 0.294. The summed E-state index contributed by atoms with van der Waals surface area (Å²) in [6.45, 7) is 0.0278. The average Bonchev–Trinajstić information content (AvgIpc) is 2.54. The van der Waals surface area contributed by atoms with Gasteiger partial charge in [-0.15, -0.1) is 0 Å². The van der Waals surface area contributed by atoms with Crippen LogP contribution in [0.3, 0.4) is 0 Å². The molecule has 0 unspecified atom stereocenters. The van der Waals surface area contributed by atoms with Gasteiger partial charge in [-0.05, 0) is 35.9 Å². The lowest BCUT2D eigenvalue weighted by molar-refractivity contribution is -0.137. The second-order valence-electron chi connectivity index (χ2n) is 5.96. The first-order chi connectivity index (χ1) is 11.9. The number of rotatable bonds is 5. The highest BCUT2D eigenvalue weighted by Crippen LogP contribution is 2.36. The molecular weight excluding hydrogens is 389 g/mol. The smallest absolute Gasteiger partial charge is 0.378 e. The number of benzene rings is 2. The molecule has 2 aromatic carbocycles. The van der Waals surface area contributed by atoms with E-state index in [0.29, 0.717) is 11.6 Å². The van der Waals surface area contributed by atoms with E-state index in [1.165, 1.54) is 7.05 Å². The minimum atomic E-state index is -4.73. The van der Waals surface area contributed by atoms with Crippen LogP contribution in [-0.4, -0.2) is 33.9 Å². The molecule has 0 aliphatic rings. The van der Waals surface area contributed by atoms with E-state index in [9.17, 15) is 21.6 Å². The number of anilines is 1. The minimum Gasteiger partial charge on any atom is -0.378 e. The summed E-state index contributed by atoms with van der Waals surface area (Å²) in [5, 5.41) is -0.543. The normalized spacial score (nSPS) is 12.5. The summed E-state index contributed by atoms with van der Waals surface area (Å²) in [6.07, 6.45) is -4.73. The van der Waals surface area contributed by atoms with Crippen molar-refractivity contribution in [3.63, 3.8) is 0 Å². The first-order valence-electron chi connectivity index (χ1n) is 7.52. The van der Waals surface area contributed by atoms with Crippen molar-refractivity contribution in [2.75, 3.05) is 26.0 Å². The third kappa shape index (κ3) is 4.49. The van der Waals surface area contributed by atoms with Gasteiger partial charge < -0.3 is 4.90 Å². The Balaban J connectivity index is 2.29. The summed E-state index contributed by atoms with van der Waals surface area (Å²) < 4.78 is 65.1. The largest absolute Gasteiger partial charge is 0.417 e. The first kappa shape index (κ1) is 20.5. The number of hydrogen-bond acceptors (Lipinski definition) is 3. The van der Waals surface area contributed by atoms with Gasteiger partial charge in [0.25, 0.3) is 0 Å². The summed E-state index contributed by atoms with van der Waals surface area (Å²) in [7, 11) is 0.976. The second-order valence-corrected chi connectivity index (χ2v) is 8.41. The Hall–Kier alpha value is -1.77. The van der Waals surface area contributed by atoms with Gasteiger partial charge >= 0.3 is 6.18 Å². The summed E-state index contributed by atoms with van der Waals surface area (Å²) >= 11 is 5.55. The standard InChI is InChI=1S/C17H18ClF3N2O2S/c1-22(2)13-6-4-12(5-7-13)11-23(3)26(24,25)14-8-9-16(18)15(10-14)17(19,20)21/h4-10H,11H2,1-3H3. The highest BCUT2D eigenvalue weighted by atomic mass is 35.5. The second kappa shape index (κ2) is 7.46. The zero-order chi connectivity index (χ0) is 19.7. The van der Waals surface area contributed by atoms with E-state index in [1.807, 2.05) is 31.1 Å². The summed E-state index contributed by atoms with van der Waals surface area (Å²) in [4.78, 5) is 1.44. The SMILES string of the molecule is CN(C)c1ccc(CN(C)S(=O)(=O)c2ccc(Cl)c(C(F)(F)F)c2)cc1. The molecular formula is C17H18ClF3N2O2S. The Morgan fingerprint density at radius 2 is 1.58 bits per heavy atom. The molecule has 2 aromatic rings. The fourth-order valence-corrected chi connectivity index (χ4v) is 3.71. The van der Waals surface area contributed by atoms with Crippen LogP contribution in [0.15, 0.2) is 47.4 Å². The molecule has 9 heteroatoms. The minimum absolute atomic E-state index is 0.0278. The molecule has 142 valence electrons. The van der Waals surface area contributed by atoms with Crippen LogP contribution >= 0.6 is 11.6 Å². The van der Waals surface area contributed by atoms with Crippen LogP contribution in [0.25, 0.3) is 0 Å². The quantitative estimate of drug-likeness (QED) is 0.745. The van der Waals surface area contributed by atoms with Crippen LogP contribution in [0.1, 0.15) is 11.1 Å². The van der Waals surface area contributed by atoms with E-state index in [-0.39, 0.29) is 6.54 Å². The molecule has 0 fully saturated rings. The van der Waals surface area contributed by atoms with E-state index in [0.717, 1.165) is 22.1 Å². The number of sulfonamides is 1. The van der Waals surface area contributed by atoms with E-state index in [1.54, 1.807) is 12.1 Å². The highest BCUT2D eigenvalue weighted by Gasteiger charge is 2.35. The van der Waals surface area contributed by atoms with Crippen molar-refractivity contribution in [2.24, 2.45) is 0 Å². The molecule has 2 rings (SSSR count). The van der Waals surface area contributed by atoms with Gasteiger partial charge in [0.1, 0.15) is 0 Å². The topological polar surface area (TPSA) is 40.6 Å². The lowest BCUT2D eigenvalue weighted by Crippen LogP contribution is -2.27. The number of halogens is 4. The van der Waals surface area contributed by atoms with Crippen molar-refractivity contribution in [1.82, 2.24) is 4.31 Å². The maximum Gasteiger partial charge on any atom is 0.417 e. The monoisotopic (exact) mass is 406 g/mol. The van der Waals surface area contributed by atoms with Crippen molar-refractivity contribution >= 4 is 27.3 Å². The molecule has 0 saturated heterocycles. The van der Waals surface area contributed by atoms with Crippen LogP contribution < -0.4 is 4.90 Å². The maximum atomic E-state index is 13.0. The molecule has 0 bridgehead atoms.